The average molecular weight is 542 g/mol. The van der Waals surface area contributed by atoms with Gasteiger partial charge in [0.15, 0.2) is 5.16 Å². The highest BCUT2D eigenvalue weighted by Gasteiger charge is 2.24. The highest BCUT2D eigenvalue weighted by Crippen LogP contribution is 2.27. The van der Waals surface area contributed by atoms with Crippen molar-refractivity contribution in [2.75, 3.05) is 12.4 Å². The second-order valence-corrected chi connectivity index (χ2v) is 10.2. The molecule has 0 spiro atoms. The molecule has 39 heavy (non-hydrogen) atoms. The van der Waals surface area contributed by atoms with Crippen molar-refractivity contribution in [3.05, 3.63) is 105 Å². The Bertz CT molecular complexity index is 1810. The smallest absolute Gasteiger partial charge is 0.295 e. The second kappa shape index (κ2) is 10.7. The predicted octanol–water partition coefficient (Wildman–Crippen LogP) is 4.31. The number of para-hydroxylation sites is 2. The van der Waals surface area contributed by atoms with E-state index in [1.807, 2.05) is 36.4 Å². The monoisotopic (exact) mass is 541 g/mol. The summed E-state index contributed by atoms with van der Waals surface area (Å²) in [6.45, 7) is 3.49. The quantitative estimate of drug-likeness (QED) is 0.244. The van der Waals surface area contributed by atoms with Gasteiger partial charge in [-0.15, -0.1) is 0 Å². The zero-order valence-electron chi connectivity index (χ0n) is 21.9. The molecule has 5 aromatic rings. The zero-order chi connectivity index (χ0) is 27.7. The highest BCUT2D eigenvalue weighted by atomic mass is 32.2. The molecule has 0 aliphatic heterocycles. The van der Waals surface area contributed by atoms with Gasteiger partial charge in [0, 0.05) is 13.1 Å². The first-order valence-electron chi connectivity index (χ1n) is 12.3. The summed E-state index contributed by atoms with van der Waals surface area (Å²) in [6, 6.07) is 23.4. The third kappa shape index (κ3) is 4.86. The Morgan fingerprint density at radius 3 is 2.38 bits per heavy atom. The van der Waals surface area contributed by atoms with E-state index in [0.29, 0.717) is 38.9 Å². The second-order valence-electron chi connectivity index (χ2n) is 8.94. The number of thioether (sulfide) groups is 1. The van der Waals surface area contributed by atoms with Crippen LogP contribution in [0.4, 0.5) is 5.69 Å². The minimum absolute atomic E-state index is 0.204. The molecule has 0 fully saturated rings. The molecule has 1 amide bonds. The van der Waals surface area contributed by atoms with E-state index in [-0.39, 0.29) is 22.7 Å². The Morgan fingerprint density at radius 2 is 1.64 bits per heavy atom. The Balaban J connectivity index is 1.50. The summed E-state index contributed by atoms with van der Waals surface area (Å²) < 4.78 is 10.0. The van der Waals surface area contributed by atoms with E-state index in [0.717, 1.165) is 11.8 Å². The lowest BCUT2D eigenvalue weighted by molar-refractivity contribution is -0.115. The molecule has 198 valence electrons. The first-order valence-corrected chi connectivity index (χ1v) is 13.2. The molecule has 9 nitrogen and oxygen atoms in total. The van der Waals surface area contributed by atoms with Crippen LogP contribution in [-0.4, -0.2) is 37.2 Å². The summed E-state index contributed by atoms with van der Waals surface area (Å²) >= 11 is 1.14. The van der Waals surface area contributed by atoms with E-state index in [1.54, 1.807) is 75.2 Å². The van der Waals surface area contributed by atoms with Crippen LogP contribution in [0.5, 0.6) is 5.75 Å². The number of anilines is 1. The number of carbonyl (C=O) groups excluding carboxylic acids is 1. The summed E-state index contributed by atoms with van der Waals surface area (Å²) in [5.41, 5.74) is 2.02. The van der Waals surface area contributed by atoms with Crippen LogP contribution >= 0.6 is 11.8 Å². The lowest BCUT2D eigenvalue weighted by Gasteiger charge is -2.16. The summed E-state index contributed by atoms with van der Waals surface area (Å²) in [4.78, 5) is 44.9. The molecule has 5 rings (SSSR count). The maximum Gasteiger partial charge on any atom is 0.295 e. The van der Waals surface area contributed by atoms with Crippen LogP contribution < -0.4 is 21.2 Å². The molecule has 0 bridgehead atoms. The molecule has 0 saturated carbocycles. The van der Waals surface area contributed by atoms with Gasteiger partial charge in [-0.05, 0) is 50.2 Å². The van der Waals surface area contributed by atoms with Gasteiger partial charge >= 0.3 is 0 Å². The number of benzene rings is 3. The van der Waals surface area contributed by atoms with Gasteiger partial charge in [0.1, 0.15) is 11.4 Å². The third-order valence-corrected chi connectivity index (χ3v) is 7.56. The Morgan fingerprint density at radius 1 is 0.949 bits per heavy atom. The number of amides is 1. The molecule has 1 atom stereocenters. The van der Waals surface area contributed by atoms with Crippen molar-refractivity contribution in [2.45, 2.75) is 24.3 Å². The molecule has 1 N–H and O–H groups in total. The van der Waals surface area contributed by atoms with Gasteiger partial charge in [-0.25, -0.2) is 9.67 Å². The van der Waals surface area contributed by atoms with Gasteiger partial charge in [0.05, 0.1) is 40.3 Å². The van der Waals surface area contributed by atoms with Crippen molar-refractivity contribution in [1.82, 2.24) is 18.9 Å². The number of fused-ring (bicyclic) bond motifs is 1. The number of nitrogens with one attached hydrogen (secondary N) is 1. The summed E-state index contributed by atoms with van der Waals surface area (Å²) in [5, 5.41) is 2.94. The molecule has 0 unspecified atom stereocenters. The van der Waals surface area contributed by atoms with Crippen LogP contribution in [-0.2, 0) is 11.8 Å². The van der Waals surface area contributed by atoms with Crippen LogP contribution in [0.15, 0.2) is 93.6 Å². The fraction of sp³-hybridized carbons (Fsp3) is 0.172. The predicted molar refractivity (Wildman–Crippen MR) is 154 cm³/mol. The fourth-order valence-corrected chi connectivity index (χ4v) is 5.24. The molecule has 2 heterocycles. The van der Waals surface area contributed by atoms with Crippen molar-refractivity contribution in [1.29, 1.82) is 0 Å². The molecule has 2 aromatic heterocycles. The van der Waals surface area contributed by atoms with Crippen LogP contribution in [0.25, 0.3) is 22.3 Å². The molecule has 0 aliphatic carbocycles. The summed E-state index contributed by atoms with van der Waals surface area (Å²) in [5.74, 6) is 0.203. The maximum atomic E-state index is 13.6. The lowest BCUT2D eigenvalue weighted by Crippen LogP contribution is -2.28. The van der Waals surface area contributed by atoms with E-state index in [9.17, 15) is 14.4 Å². The normalized spacial score (nSPS) is 11.9. The molecular weight excluding hydrogens is 514 g/mol. The number of rotatable bonds is 7. The van der Waals surface area contributed by atoms with Crippen LogP contribution in [0.2, 0.25) is 0 Å². The van der Waals surface area contributed by atoms with Crippen molar-refractivity contribution in [3.8, 4) is 17.1 Å². The van der Waals surface area contributed by atoms with E-state index < -0.39 is 5.25 Å². The van der Waals surface area contributed by atoms with Gasteiger partial charge in [-0.2, -0.15) is 0 Å². The standard InChI is InChI=1S/C29H27N5O4S/c1-18-25(28(37)34(32(18)3)20-11-6-5-7-12-20)31-26(35)19(2)39-29-30-24-16-9-8-15-23(24)27(36)33(29)21-13-10-14-22(17-21)38-4/h5-17,19H,1-4H3,(H,31,35)/t19-/m0/s1. The first kappa shape index (κ1) is 26.1. The van der Waals surface area contributed by atoms with Gasteiger partial charge in [0.2, 0.25) is 5.91 Å². The highest BCUT2D eigenvalue weighted by molar-refractivity contribution is 8.00. The Kier molecular flexibility index (Phi) is 7.12. The SMILES string of the molecule is COc1cccc(-n2c(S[C@@H](C)C(=O)Nc3c(C)n(C)n(-c4ccccc4)c3=O)nc3ccccc3c2=O)c1. The third-order valence-electron chi connectivity index (χ3n) is 6.51. The number of hydrogen-bond donors (Lipinski definition) is 1. The molecule has 0 aliphatic rings. The van der Waals surface area contributed by atoms with Crippen LogP contribution in [0.3, 0.4) is 0 Å². The molecule has 10 heteroatoms. The van der Waals surface area contributed by atoms with Gasteiger partial charge in [0.25, 0.3) is 11.1 Å². The fourth-order valence-electron chi connectivity index (χ4n) is 4.32. The van der Waals surface area contributed by atoms with E-state index in [2.05, 4.69) is 5.32 Å². The Labute approximate surface area is 228 Å². The minimum Gasteiger partial charge on any atom is -0.497 e. The number of carbonyl (C=O) groups is 1. The maximum absolute atomic E-state index is 13.6. The van der Waals surface area contributed by atoms with Crippen molar-refractivity contribution >= 4 is 34.3 Å². The van der Waals surface area contributed by atoms with Crippen molar-refractivity contribution < 1.29 is 9.53 Å². The zero-order valence-corrected chi connectivity index (χ0v) is 22.7. The number of hydrogen-bond acceptors (Lipinski definition) is 6. The van der Waals surface area contributed by atoms with Crippen LogP contribution in [0, 0.1) is 6.92 Å². The Hall–Kier alpha value is -4.57. The van der Waals surface area contributed by atoms with E-state index in [1.165, 1.54) is 9.25 Å². The van der Waals surface area contributed by atoms with Crippen LogP contribution in [0.1, 0.15) is 12.6 Å². The van der Waals surface area contributed by atoms with E-state index >= 15 is 0 Å². The number of methoxy groups -OCH3 is 1. The van der Waals surface area contributed by atoms with Crippen molar-refractivity contribution in [3.63, 3.8) is 0 Å². The van der Waals surface area contributed by atoms with Gasteiger partial charge in [-0.3, -0.25) is 23.6 Å². The molecule has 0 radical (unpaired) electrons. The minimum atomic E-state index is -0.681. The van der Waals surface area contributed by atoms with Gasteiger partial charge in [-0.1, -0.05) is 48.2 Å². The number of ether oxygens (including phenoxy) is 1. The van der Waals surface area contributed by atoms with Crippen molar-refractivity contribution in [2.24, 2.45) is 7.05 Å². The molecule has 0 saturated heterocycles. The topological polar surface area (TPSA) is 100 Å². The molecule has 3 aromatic carbocycles. The first-order chi connectivity index (χ1) is 18.8. The average Bonchev–Trinajstić information content (AvgIpc) is 3.16. The van der Waals surface area contributed by atoms with E-state index in [4.69, 9.17) is 9.72 Å². The van der Waals surface area contributed by atoms with Gasteiger partial charge < -0.3 is 10.1 Å². The summed E-state index contributed by atoms with van der Waals surface area (Å²) in [6.07, 6.45) is 0. The lowest BCUT2D eigenvalue weighted by atomic mass is 10.2. The number of aromatic nitrogens is 4. The molecular formula is C29H27N5O4S. The largest absolute Gasteiger partial charge is 0.497 e. The summed E-state index contributed by atoms with van der Waals surface area (Å²) in [7, 11) is 3.32. The number of nitrogens with zero attached hydrogens (tertiary/aromatic N) is 4.